The normalized spacial score (nSPS) is 12.6. The van der Waals surface area contributed by atoms with Crippen molar-refractivity contribution in [2.24, 2.45) is 0 Å². The molecule has 2 amide bonds. The van der Waals surface area contributed by atoms with Crippen LogP contribution in [0.4, 0.5) is 0 Å². The number of para-hydroxylation sites is 1. The molecule has 248 valence electrons. The summed E-state index contributed by atoms with van der Waals surface area (Å²) < 4.78 is 11.5. The monoisotopic (exact) mass is 648 g/mol. The molecule has 9 nitrogen and oxygen atoms in total. The molecular weight excluding hydrogens is 608 g/mol. The van der Waals surface area contributed by atoms with Crippen LogP contribution in [-0.2, 0) is 22.7 Å². The van der Waals surface area contributed by atoms with Crippen LogP contribution < -0.4 is 14.8 Å². The zero-order valence-corrected chi connectivity index (χ0v) is 27.0. The van der Waals surface area contributed by atoms with Crippen molar-refractivity contribution in [1.82, 2.24) is 10.2 Å². The predicted octanol–water partition coefficient (Wildman–Crippen LogP) is 7.08. The van der Waals surface area contributed by atoms with Crippen molar-refractivity contribution < 1.29 is 34.1 Å². The molecule has 3 rings (SSSR count). The van der Waals surface area contributed by atoms with Crippen molar-refractivity contribution in [3.63, 3.8) is 0 Å². The van der Waals surface area contributed by atoms with E-state index in [1.54, 1.807) is 61.5 Å². The molecule has 9 heteroatoms. The standard InChI is InChI=1S/C39H40N2O7/c1-5-8-13-32(7-3)48-34-22-18-29(19-23-34)25-40-38(44)31-20-16-30(17-21-31)26-41(37(43)27-47-33-14-10-9-11-15-33)28(4)24-35(39(45)46)36(42)12-6-2/h5-24,28,42H,2-3,25-27H2,1,4H3,(H,40,44)(H,45,46)/b8-5-,32-13+,35-24+,36-12+. The van der Waals surface area contributed by atoms with Crippen molar-refractivity contribution in [1.29, 1.82) is 0 Å². The van der Waals surface area contributed by atoms with Gasteiger partial charge in [0.25, 0.3) is 11.8 Å². The van der Waals surface area contributed by atoms with E-state index in [0.29, 0.717) is 34.9 Å². The van der Waals surface area contributed by atoms with Gasteiger partial charge in [0.2, 0.25) is 0 Å². The first kappa shape index (κ1) is 36.4. The van der Waals surface area contributed by atoms with Crippen LogP contribution in [0.15, 0.2) is 152 Å². The number of nitrogens with zero attached hydrogens (tertiary/aromatic N) is 1. The van der Waals surface area contributed by atoms with Gasteiger partial charge in [0.05, 0.1) is 5.57 Å². The van der Waals surface area contributed by atoms with E-state index < -0.39 is 23.7 Å². The maximum Gasteiger partial charge on any atom is 0.339 e. The number of ether oxygens (including phenoxy) is 2. The number of benzene rings is 3. The second-order valence-corrected chi connectivity index (χ2v) is 10.5. The molecule has 0 bridgehead atoms. The third kappa shape index (κ3) is 11.4. The maximum absolute atomic E-state index is 13.4. The number of carbonyl (C=O) groups excluding carboxylic acids is 2. The van der Waals surface area contributed by atoms with Gasteiger partial charge in [-0.15, -0.1) is 0 Å². The van der Waals surface area contributed by atoms with Gasteiger partial charge < -0.3 is 29.9 Å². The lowest BCUT2D eigenvalue weighted by Crippen LogP contribution is -2.40. The first-order valence-electron chi connectivity index (χ1n) is 15.2. The number of aliphatic hydroxyl groups is 1. The Morgan fingerprint density at radius 2 is 1.56 bits per heavy atom. The number of hydrogen-bond acceptors (Lipinski definition) is 6. The lowest BCUT2D eigenvalue weighted by molar-refractivity contribution is -0.136. The molecule has 0 aliphatic carbocycles. The number of aliphatic hydroxyl groups excluding tert-OH is 1. The summed E-state index contributed by atoms with van der Waals surface area (Å²) in [6.45, 7) is 10.9. The Kier molecular flexibility index (Phi) is 14.2. The second-order valence-electron chi connectivity index (χ2n) is 10.5. The van der Waals surface area contributed by atoms with E-state index in [2.05, 4.69) is 18.5 Å². The zero-order valence-electron chi connectivity index (χ0n) is 27.0. The van der Waals surface area contributed by atoms with Gasteiger partial charge in [-0.25, -0.2) is 4.79 Å². The summed E-state index contributed by atoms with van der Waals surface area (Å²) in [5.74, 6) is -0.773. The van der Waals surface area contributed by atoms with Gasteiger partial charge in [-0.2, -0.15) is 0 Å². The van der Waals surface area contributed by atoms with Crippen molar-refractivity contribution in [2.45, 2.75) is 33.0 Å². The average Bonchev–Trinajstić information content (AvgIpc) is 3.10. The molecule has 0 heterocycles. The van der Waals surface area contributed by atoms with E-state index >= 15 is 0 Å². The van der Waals surface area contributed by atoms with Crippen LogP contribution in [0.2, 0.25) is 0 Å². The van der Waals surface area contributed by atoms with E-state index in [1.165, 1.54) is 17.1 Å². The molecule has 0 aliphatic heterocycles. The average molecular weight is 649 g/mol. The zero-order chi connectivity index (χ0) is 34.9. The highest BCUT2D eigenvalue weighted by Crippen LogP contribution is 2.18. The fourth-order valence-electron chi connectivity index (χ4n) is 4.39. The number of carboxylic acid groups (broad SMARTS) is 1. The molecule has 0 radical (unpaired) electrons. The first-order chi connectivity index (χ1) is 23.1. The van der Waals surface area contributed by atoms with E-state index in [-0.39, 0.29) is 24.6 Å². The third-order valence-electron chi connectivity index (χ3n) is 6.94. The van der Waals surface area contributed by atoms with Gasteiger partial charge in [-0.05, 0) is 85.7 Å². The summed E-state index contributed by atoms with van der Waals surface area (Å²) >= 11 is 0. The molecule has 3 aromatic rings. The first-order valence-corrected chi connectivity index (χ1v) is 15.2. The number of rotatable bonds is 17. The second kappa shape index (κ2) is 18.8. The number of allylic oxidation sites excluding steroid dienone is 6. The molecule has 48 heavy (non-hydrogen) atoms. The maximum atomic E-state index is 13.4. The Bertz CT molecular complexity index is 1690. The molecule has 0 aromatic heterocycles. The summed E-state index contributed by atoms with van der Waals surface area (Å²) in [4.78, 5) is 39.6. The van der Waals surface area contributed by atoms with E-state index in [4.69, 9.17) is 9.47 Å². The summed E-state index contributed by atoms with van der Waals surface area (Å²) in [5, 5.41) is 22.8. The summed E-state index contributed by atoms with van der Waals surface area (Å²) in [6.07, 6.45) is 10.9. The number of carboxylic acids is 1. The van der Waals surface area contributed by atoms with Crippen molar-refractivity contribution in [3.05, 3.63) is 168 Å². The summed E-state index contributed by atoms with van der Waals surface area (Å²) in [7, 11) is 0. The van der Waals surface area contributed by atoms with E-state index in [0.717, 1.165) is 11.6 Å². The van der Waals surface area contributed by atoms with Crippen molar-refractivity contribution >= 4 is 17.8 Å². The Morgan fingerprint density at radius 3 is 2.17 bits per heavy atom. The van der Waals surface area contributed by atoms with Gasteiger partial charge in [0.1, 0.15) is 23.0 Å². The fraction of sp³-hybridized carbons (Fsp3) is 0.154. The van der Waals surface area contributed by atoms with Crippen molar-refractivity contribution in [3.8, 4) is 11.5 Å². The molecule has 0 fully saturated rings. The molecule has 1 unspecified atom stereocenters. The molecule has 3 N–H and O–H groups in total. The van der Waals surface area contributed by atoms with Crippen LogP contribution in [0.5, 0.6) is 11.5 Å². The van der Waals surface area contributed by atoms with Gasteiger partial charge in [-0.3, -0.25) is 9.59 Å². The number of amides is 2. The third-order valence-corrected chi connectivity index (χ3v) is 6.94. The van der Waals surface area contributed by atoms with Crippen LogP contribution in [0.1, 0.15) is 35.3 Å². The van der Waals surface area contributed by atoms with Gasteiger partial charge >= 0.3 is 5.97 Å². The Balaban J connectivity index is 1.70. The van der Waals surface area contributed by atoms with Crippen molar-refractivity contribution in [2.75, 3.05) is 6.61 Å². The van der Waals surface area contributed by atoms with Crippen LogP contribution in [0, 0.1) is 0 Å². The minimum absolute atomic E-state index is 0.0846. The van der Waals surface area contributed by atoms with Crippen LogP contribution in [0.25, 0.3) is 0 Å². The minimum Gasteiger partial charge on any atom is -0.507 e. The van der Waals surface area contributed by atoms with Gasteiger partial charge in [0, 0.05) is 24.7 Å². The molecule has 3 aromatic carbocycles. The highest BCUT2D eigenvalue weighted by molar-refractivity contribution is 5.94. The van der Waals surface area contributed by atoms with E-state index in [9.17, 15) is 24.6 Å². The topological polar surface area (TPSA) is 125 Å². The van der Waals surface area contributed by atoms with Crippen LogP contribution >= 0.6 is 0 Å². The number of nitrogens with one attached hydrogen (secondary N) is 1. The SMILES string of the molecule is C=C/C=C(O)\C(=C/C(C)N(Cc1ccc(C(=O)NCc2ccc(O/C(C=C)=C/C=C\C)cc2)cc1)C(=O)COc1ccccc1)C(=O)O. The molecule has 1 atom stereocenters. The lowest BCUT2D eigenvalue weighted by atomic mass is 10.1. The Hall–Kier alpha value is -6.09. The highest BCUT2D eigenvalue weighted by atomic mass is 16.5. The number of carbonyl (C=O) groups is 3. The number of aliphatic carboxylic acids is 1. The largest absolute Gasteiger partial charge is 0.507 e. The fourth-order valence-corrected chi connectivity index (χ4v) is 4.39. The van der Waals surface area contributed by atoms with Crippen LogP contribution in [-0.4, -0.2) is 45.5 Å². The lowest BCUT2D eigenvalue weighted by Gasteiger charge is -2.28. The number of hydrogen-bond donors (Lipinski definition) is 3. The van der Waals surface area contributed by atoms with Crippen LogP contribution in [0.3, 0.4) is 0 Å². The molecule has 0 saturated heterocycles. The molecular formula is C39H40N2O7. The minimum atomic E-state index is -1.36. The van der Waals surface area contributed by atoms with E-state index in [1.807, 2.05) is 55.5 Å². The smallest absolute Gasteiger partial charge is 0.339 e. The summed E-state index contributed by atoms with van der Waals surface area (Å²) in [6, 6.07) is 22.2. The summed E-state index contributed by atoms with van der Waals surface area (Å²) in [5.41, 5.74) is 1.63. The molecule has 0 saturated carbocycles. The molecule has 0 spiro atoms. The molecule has 0 aliphatic rings. The van der Waals surface area contributed by atoms with Gasteiger partial charge in [-0.1, -0.05) is 73.9 Å². The van der Waals surface area contributed by atoms with Gasteiger partial charge in [0.15, 0.2) is 6.61 Å². The predicted molar refractivity (Wildman–Crippen MR) is 186 cm³/mol. The Morgan fingerprint density at radius 1 is 0.896 bits per heavy atom. The quantitative estimate of drug-likeness (QED) is 0.0812. The highest BCUT2D eigenvalue weighted by Gasteiger charge is 2.23. The Labute approximate surface area is 281 Å².